The van der Waals surface area contributed by atoms with Crippen molar-refractivity contribution in [3.63, 3.8) is 0 Å². The second kappa shape index (κ2) is 4.71. The summed E-state index contributed by atoms with van der Waals surface area (Å²) < 4.78 is 1.97. The second-order valence-electron chi connectivity index (χ2n) is 5.93. The van der Waals surface area contributed by atoms with Crippen LogP contribution < -0.4 is 5.32 Å². The number of aryl methyl sites for hydroxylation is 2. The lowest BCUT2D eigenvalue weighted by Crippen LogP contribution is -2.30. The molecule has 17 heavy (non-hydrogen) atoms. The van der Waals surface area contributed by atoms with E-state index in [-0.39, 0.29) is 0 Å². The van der Waals surface area contributed by atoms with Gasteiger partial charge in [-0.1, -0.05) is 13.8 Å². The number of anilines is 1. The summed E-state index contributed by atoms with van der Waals surface area (Å²) in [6, 6.07) is 0.621. The molecule has 1 N–H and O–H groups in total. The molecule has 2 unspecified atom stereocenters. The van der Waals surface area contributed by atoms with Gasteiger partial charge in [0.1, 0.15) is 0 Å². The molecule has 1 aromatic rings. The van der Waals surface area contributed by atoms with Gasteiger partial charge in [0.25, 0.3) is 0 Å². The lowest BCUT2D eigenvalue weighted by molar-refractivity contribution is 0.280. The normalized spacial score (nSPS) is 29.4. The zero-order valence-electron chi connectivity index (χ0n) is 11.7. The molecular formula is C14H25N3. The van der Waals surface area contributed by atoms with Crippen LogP contribution in [0.15, 0.2) is 0 Å². The summed E-state index contributed by atoms with van der Waals surface area (Å²) in [5.74, 6) is 1.68. The Kier molecular flexibility index (Phi) is 3.45. The minimum atomic E-state index is 0.621. The Balaban J connectivity index is 2.10. The van der Waals surface area contributed by atoms with Gasteiger partial charge in [0, 0.05) is 13.1 Å². The standard InChI is InChI=1S/C14H25N3/c1-9-6-10(2)8-13(7-9)15-14-11(3)16-17(5)12(14)4/h9-10,13,15H,6-8H2,1-5H3. The third-order valence-electron chi connectivity index (χ3n) is 4.04. The summed E-state index contributed by atoms with van der Waals surface area (Å²) in [5.41, 5.74) is 3.61. The van der Waals surface area contributed by atoms with Crippen molar-refractivity contribution in [3.05, 3.63) is 11.4 Å². The summed E-state index contributed by atoms with van der Waals surface area (Å²) in [7, 11) is 2.01. The molecule has 3 heteroatoms. The highest BCUT2D eigenvalue weighted by Gasteiger charge is 2.25. The minimum absolute atomic E-state index is 0.621. The van der Waals surface area contributed by atoms with Crippen LogP contribution in [0.5, 0.6) is 0 Å². The first-order valence-electron chi connectivity index (χ1n) is 6.74. The Morgan fingerprint density at radius 1 is 1.12 bits per heavy atom. The summed E-state index contributed by atoms with van der Waals surface area (Å²) in [6.07, 6.45) is 3.96. The lowest BCUT2D eigenvalue weighted by atomic mass is 9.80. The molecule has 0 aromatic carbocycles. The fourth-order valence-electron chi connectivity index (χ4n) is 3.25. The van der Waals surface area contributed by atoms with Gasteiger partial charge in [-0.15, -0.1) is 0 Å². The van der Waals surface area contributed by atoms with Crippen molar-refractivity contribution in [3.8, 4) is 0 Å². The largest absolute Gasteiger partial charge is 0.379 e. The maximum atomic E-state index is 4.47. The first-order valence-corrected chi connectivity index (χ1v) is 6.74. The lowest BCUT2D eigenvalue weighted by Gasteiger charge is -2.32. The maximum Gasteiger partial charge on any atom is 0.0827 e. The van der Waals surface area contributed by atoms with E-state index in [0.717, 1.165) is 17.5 Å². The fraction of sp³-hybridized carbons (Fsp3) is 0.786. The predicted molar refractivity (Wildman–Crippen MR) is 72.3 cm³/mol. The monoisotopic (exact) mass is 235 g/mol. The van der Waals surface area contributed by atoms with Gasteiger partial charge in [-0.05, 0) is 44.9 Å². The Hall–Kier alpha value is -0.990. The summed E-state index contributed by atoms with van der Waals surface area (Å²) >= 11 is 0. The number of hydrogen-bond donors (Lipinski definition) is 1. The van der Waals surface area contributed by atoms with Crippen LogP contribution in [0.3, 0.4) is 0 Å². The van der Waals surface area contributed by atoms with Gasteiger partial charge >= 0.3 is 0 Å². The molecule has 0 aliphatic heterocycles. The van der Waals surface area contributed by atoms with Gasteiger partial charge in [-0.2, -0.15) is 5.10 Å². The molecule has 0 radical (unpaired) electrons. The summed E-state index contributed by atoms with van der Waals surface area (Å²) in [6.45, 7) is 8.96. The van der Waals surface area contributed by atoms with Gasteiger partial charge in [0.15, 0.2) is 0 Å². The molecule has 3 nitrogen and oxygen atoms in total. The predicted octanol–water partition coefficient (Wildman–Crippen LogP) is 3.27. The van der Waals surface area contributed by atoms with Crippen molar-refractivity contribution in [2.75, 3.05) is 5.32 Å². The molecule has 1 fully saturated rings. The maximum absolute atomic E-state index is 4.47. The van der Waals surface area contributed by atoms with E-state index < -0.39 is 0 Å². The van der Waals surface area contributed by atoms with Crippen LogP contribution in [0.4, 0.5) is 5.69 Å². The van der Waals surface area contributed by atoms with Crippen LogP contribution >= 0.6 is 0 Å². The Bertz CT molecular complexity index is 384. The van der Waals surface area contributed by atoms with Crippen molar-refractivity contribution in [2.24, 2.45) is 18.9 Å². The summed E-state index contributed by atoms with van der Waals surface area (Å²) in [5, 5.41) is 8.18. The Morgan fingerprint density at radius 3 is 2.18 bits per heavy atom. The molecule has 1 aromatic heterocycles. The quantitative estimate of drug-likeness (QED) is 0.852. The summed E-state index contributed by atoms with van der Waals surface area (Å²) in [4.78, 5) is 0. The average molecular weight is 235 g/mol. The number of nitrogens with zero attached hydrogens (tertiary/aromatic N) is 2. The smallest absolute Gasteiger partial charge is 0.0827 e. The van der Waals surface area contributed by atoms with Crippen LogP contribution in [0.25, 0.3) is 0 Å². The zero-order valence-corrected chi connectivity index (χ0v) is 11.7. The van der Waals surface area contributed by atoms with E-state index in [1.54, 1.807) is 0 Å². The van der Waals surface area contributed by atoms with Crippen molar-refractivity contribution in [2.45, 2.75) is 53.0 Å². The molecule has 0 spiro atoms. The van der Waals surface area contributed by atoms with E-state index in [9.17, 15) is 0 Å². The van der Waals surface area contributed by atoms with Gasteiger partial charge in [-0.3, -0.25) is 4.68 Å². The van der Waals surface area contributed by atoms with Crippen LogP contribution in [0, 0.1) is 25.7 Å². The van der Waals surface area contributed by atoms with Crippen LogP contribution in [-0.2, 0) is 7.05 Å². The molecule has 2 atom stereocenters. The highest BCUT2D eigenvalue weighted by Crippen LogP contribution is 2.31. The molecule has 1 saturated carbocycles. The van der Waals surface area contributed by atoms with Crippen molar-refractivity contribution >= 4 is 5.69 Å². The van der Waals surface area contributed by atoms with Crippen LogP contribution in [0.1, 0.15) is 44.5 Å². The molecule has 0 bridgehead atoms. The van der Waals surface area contributed by atoms with E-state index in [1.165, 1.54) is 30.6 Å². The topological polar surface area (TPSA) is 29.9 Å². The molecule has 0 saturated heterocycles. The number of nitrogens with one attached hydrogen (secondary N) is 1. The van der Waals surface area contributed by atoms with Crippen molar-refractivity contribution in [1.29, 1.82) is 0 Å². The second-order valence-corrected chi connectivity index (χ2v) is 5.93. The van der Waals surface area contributed by atoms with Crippen molar-refractivity contribution < 1.29 is 0 Å². The van der Waals surface area contributed by atoms with Gasteiger partial charge in [-0.25, -0.2) is 0 Å². The van der Waals surface area contributed by atoms with Crippen LogP contribution in [0.2, 0.25) is 0 Å². The Morgan fingerprint density at radius 2 is 1.71 bits per heavy atom. The Labute approximate surface area is 105 Å². The van der Waals surface area contributed by atoms with Gasteiger partial charge in [0.2, 0.25) is 0 Å². The van der Waals surface area contributed by atoms with E-state index in [2.05, 4.69) is 38.1 Å². The fourth-order valence-corrected chi connectivity index (χ4v) is 3.25. The molecule has 0 amide bonds. The highest BCUT2D eigenvalue weighted by molar-refractivity contribution is 5.52. The van der Waals surface area contributed by atoms with Crippen molar-refractivity contribution in [1.82, 2.24) is 9.78 Å². The van der Waals surface area contributed by atoms with E-state index >= 15 is 0 Å². The van der Waals surface area contributed by atoms with Gasteiger partial charge < -0.3 is 5.32 Å². The molecule has 96 valence electrons. The van der Waals surface area contributed by atoms with Crippen LogP contribution in [-0.4, -0.2) is 15.8 Å². The zero-order chi connectivity index (χ0) is 12.6. The van der Waals surface area contributed by atoms with E-state index in [1.807, 2.05) is 11.7 Å². The third-order valence-corrected chi connectivity index (χ3v) is 4.04. The molecular weight excluding hydrogens is 210 g/mol. The number of aromatic nitrogens is 2. The first-order chi connectivity index (χ1) is 7.97. The minimum Gasteiger partial charge on any atom is -0.379 e. The molecule has 1 aliphatic carbocycles. The molecule has 2 rings (SSSR count). The average Bonchev–Trinajstić information content (AvgIpc) is 2.44. The first kappa shape index (κ1) is 12.5. The SMILES string of the molecule is Cc1nn(C)c(C)c1NC1CC(C)CC(C)C1. The number of rotatable bonds is 2. The van der Waals surface area contributed by atoms with E-state index in [4.69, 9.17) is 0 Å². The molecule has 1 heterocycles. The van der Waals surface area contributed by atoms with Gasteiger partial charge in [0.05, 0.1) is 17.1 Å². The highest BCUT2D eigenvalue weighted by atomic mass is 15.3. The molecule has 1 aliphatic rings. The third kappa shape index (κ3) is 2.64. The van der Waals surface area contributed by atoms with E-state index in [0.29, 0.717) is 6.04 Å². The number of hydrogen-bond acceptors (Lipinski definition) is 2.